The molecule has 1 aliphatic carbocycles. The van der Waals surface area contributed by atoms with E-state index in [9.17, 15) is 24.3 Å². The molecule has 0 saturated heterocycles. The molecule has 0 aliphatic heterocycles. The van der Waals surface area contributed by atoms with E-state index in [-0.39, 0.29) is 57.5 Å². The number of aliphatic hydroxyl groups is 1. The molecule has 0 unspecified atom stereocenters. The maximum atomic E-state index is 13.4. The van der Waals surface area contributed by atoms with Crippen LogP contribution in [0.2, 0.25) is 0 Å². The monoisotopic (exact) mass is 695 g/mol. The fraction of sp³-hybridized carbons (Fsp3) is 0.366. The van der Waals surface area contributed by atoms with Crippen molar-refractivity contribution >= 4 is 23.9 Å². The van der Waals surface area contributed by atoms with Crippen LogP contribution in [0.25, 0.3) is 11.1 Å². The first-order chi connectivity index (χ1) is 24.6. The third-order valence-corrected chi connectivity index (χ3v) is 8.80. The van der Waals surface area contributed by atoms with Gasteiger partial charge in [0.2, 0.25) is 11.8 Å². The molecule has 3 aromatic carbocycles. The number of carbonyl (C=O) groups excluding carboxylic acids is 4. The molecule has 0 aromatic heterocycles. The van der Waals surface area contributed by atoms with Crippen LogP contribution in [-0.4, -0.2) is 71.8 Å². The molecule has 3 N–H and O–H groups in total. The standard InChI is InChI=1S/C41H49N3O7/c1-5-7-22-36(42-40(49)50-27-35-33-20-13-11-18-31(33)32-19-12-14-21-34(32)35)39(48)51-28-41(3,4)43-38(47)30(15-6-2)25-37(46)44(23-24-45)26-29-16-9-8-10-17-29/h5-6,8-14,16-21,30,35-36,45H,1-2,7,15,22-28H2,3-4H3,(H,42,49)(H,43,47)/t30-,36-/m0/s1. The van der Waals surface area contributed by atoms with Gasteiger partial charge in [0, 0.05) is 25.4 Å². The molecule has 0 bridgehead atoms. The van der Waals surface area contributed by atoms with Gasteiger partial charge in [-0.05, 0) is 60.9 Å². The molecule has 0 spiro atoms. The minimum atomic E-state index is -1.00. The Bertz CT molecular complexity index is 1630. The smallest absolute Gasteiger partial charge is 0.407 e. The van der Waals surface area contributed by atoms with Crippen molar-refractivity contribution in [1.82, 2.24) is 15.5 Å². The number of aliphatic hydroxyl groups excluding tert-OH is 1. The second-order valence-electron chi connectivity index (χ2n) is 13.3. The lowest BCUT2D eigenvalue weighted by molar-refractivity contribution is -0.149. The number of benzene rings is 3. The van der Waals surface area contributed by atoms with Crippen molar-refractivity contribution in [1.29, 1.82) is 0 Å². The number of allylic oxidation sites excluding steroid dienone is 2. The zero-order valence-electron chi connectivity index (χ0n) is 29.5. The van der Waals surface area contributed by atoms with Gasteiger partial charge in [0.15, 0.2) is 0 Å². The van der Waals surface area contributed by atoms with E-state index >= 15 is 0 Å². The summed E-state index contributed by atoms with van der Waals surface area (Å²) in [5, 5.41) is 15.1. The van der Waals surface area contributed by atoms with E-state index in [2.05, 4.69) is 35.9 Å². The first-order valence-electron chi connectivity index (χ1n) is 17.3. The Morgan fingerprint density at radius 3 is 2.14 bits per heavy atom. The van der Waals surface area contributed by atoms with Crippen LogP contribution < -0.4 is 10.6 Å². The van der Waals surface area contributed by atoms with Crippen LogP contribution in [0.3, 0.4) is 0 Å². The molecule has 0 fully saturated rings. The number of nitrogens with zero attached hydrogens (tertiary/aromatic N) is 1. The summed E-state index contributed by atoms with van der Waals surface area (Å²) in [5.41, 5.74) is 4.28. The predicted octanol–water partition coefficient (Wildman–Crippen LogP) is 5.90. The highest BCUT2D eigenvalue weighted by atomic mass is 16.6. The minimum Gasteiger partial charge on any atom is -0.462 e. The van der Waals surface area contributed by atoms with Crippen molar-refractivity contribution in [3.63, 3.8) is 0 Å². The first-order valence-corrected chi connectivity index (χ1v) is 17.3. The van der Waals surface area contributed by atoms with Gasteiger partial charge in [0.05, 0.1) is 18.1 Å². The van der Waals surface area contributed by atoms with Gasteiger partial charge < -0.3 is 30.1 Å². The van der Waals surface area contributed by atoms with E-state index in [0.717, 1.165) is 27.8 Å². The number of ether oxygens (including phenoxy) is 2. The lowest BCUT2D eigenvalue weighted by atomic mass is 9.97. The summed E-state index contributed by atoms with van der Waals surface area (Å²) in [6.45, 7) is 11.0. The van der Waals surface area contributed by atoms with Crippen molar-refractivity contribution in [2.75, 3.05) is 26.4 Å². The second-order valence-corrected chi connectivity index (χ2v) is 13.3. The molecule has 51 heavy (non-hydrogen) atoms. The summed E-state index contributed by atoms with van der Waals surface area (Å²) in [7, 11) is 0. The molecule has 2 atom stereocenters. The summed E-state index contributed by atoms with van der Waals surface area (Å²) in [6.07, 6.45) is 3.33. The molecular weight excluding hydrogens is 646 g/mol. The number of alkyl carbamates (subject to hydrolysis) is 1. The maximum absolute atomic E-state index is 13.4. The van der Waals surface area contributed by atoms with Crippen molar-refractivity contribution in [3.05, 3.63) is 121 Å². The summed E-state index contributed by atoms with van der Waals surface area (Å²) >= 11 is 0. The number of esters is 1. The summed E-state index contributed by atoms with van der Waals surface area (Å²) in [6, 6.07) is 24.5. The van der Waals surface area contributed by atoms with E-state index in [4.69, 9.17) is 9.47 Å². The normalized spacial score (nSPS) is 13.2. The van der Waals surface area contributed by atoms with Gasteiger partial charge in [-0.25, -0.2) is 9.59 Å². The van der Waals surface area contributed by atoms with Gasteiger partial charge in [-0.15, -0.1) is 13.2 Å². The fourth-order valence-corrected chi connectivity index (χ4v) is 6.18. The van der Waals surface area contributed by atoms with Crippen molar-refractivity contribution in [3.8, 4) is 11.1 Å². The van der Waals surface area contributed by atoms with E-state index in [1.54, 1.807) is 26.0 Å². The number of carbonyl (C=O) groups is 4. The zero-order valence-corrected chi connectivity index (χ0v) is 29.5. The van der Waals surface area contributed by atoms with Crippen LogP contribution in [0.5, 0.6) is 0 Å². The molecule has 4 rings (SSSR count). The number of rotatable bonds is 19. The lowest BCUT2D eigenvalue weighted by Crippen LogP contribution is -2.51. The molecule has 3 amide bonds. The van der Waals surface area contributed by atoms with Gasteiger partial charge in [-0.2, -0.15) is 0 Å². The second kappa shape index (κ2) is 18.7. The molecule has 1 aliphatic rings. The van der Waals surface area contributed by atoms with Crippen LogP contribution >= 0.6 is 0 Å². The number of nitrogens with one attached hydrogen (secondary N) is 2. The quantitative estimate of drug-likeness (QED) is 0.105. The van der Waals surface area contributed by atoms with Crippen LogP contribution in [-0.2, 0) is 30.4 Å². The van der Waals surface area contributed by atoms with Gasteiger partial charge in [-0.1, -0.05) is 91.0 Å². The van der Waals surface area contributed by atoms with E-state index in [1.165, 1.54) is 4.90 Å². The molecule has 10 heteroatoms. The Kier molecular flexibility index (Phi) is 14.1. The Morgan fingerprint density at radius 1 is 0.902 bits per heavy atom. The molecule has 0 radical (unpaired) electrons. The number of hydrogen-bond acceptors (Lipinski definition) is 7. The summed E-state index contributed by atoms with van der Waals surface area (Å²) < 4.78 is 11.3. The average molecular weight is 696 g/mol. The van der Waals surface area contributed by atoms with Crippen LogP contribution in [0.15, 0.2) is 104 Å². The predicted molar refractivity (Wildman–Crippen MR) is 196 cm³/mol. The zero-order chi connectivity index (χ0) is 36.8. The van der Waals surface area contributed by atoms with Gasteiger partial charge in [-0.3, -0.25) is 9.59 Å². The van der Waals surface area contributed by atoms with Crippen LogP contribution in [0.4, 0.5) is 4.79 Å². The van der Waals surface area contributed by atoms with Gasteiger partial charge in [0.25, 0.3) is 0 Å². The van der Waals surface area contributed by atoms with E-state index in [1.807, 2.05) is 66.7 Å². The average Bonchev–Trinajstić information content (AvgIpc) is 3.44. The fourth-order valence-electron chi connectivity index (χ4n) is 6.18. The Hall–Kier alpha value is -5.22. The summed E-state index contributed by atoms with van der Waals surface area (Å²) in [4.78, 5) is 54.4. The highest BCUT2D eigenvalue weighted by molar-refractivity contribution is 5.86. The Balaban J connectivity index is 1.32. The molecule has 0 saturated carbocycles. The van der Waals surface area contributed by atoms with Crippen LogP contribution in [0, 0.1) is 5.92 Å². The molecule has 10 nitrogen and oxygen atoms in total. The lowest BCUT2D eigenvalue weighted by Gasteiger charge is -2.30. The highest BCUT2D eigenvalue weighted by Gasteiger charge is 2.32. The molecule has 0 heterocycles. The third-order valence-electron chi connectivity index (χ3n) is 8.80. The molecule has 270 valence electrons. The first kappa shape index (κ1) is 38.6. The van der Waals surface area contributed by atoms with E-state index in [0.29, 0.717) is 13.0 Å². The number of amides is 3. The van der Waals surface area contributed by atoms with E-state index < -0.39 is 35.5 Å². The molecule has 3 aromatic rings. The Labute approximate surface area is 300 Å². The largest absolute Gasteiger partial charge is 0.462 e. The maximum Gasteiger partial charge on any atom is 0.407 e. The number of hydrogen-bond donors (Lipinski definition) is 3. The van der Waals surface area contributed by atoms with Crippen molar-refractivity contribution in [2.45, 2.75) is 63.6 Å². The van der Waals surface area contributed by atoms with Crippen molar-refractivity contribution < 1.29 is 33.8 Å². The highest BCUT2D eigenvalue weighted by Crippen LogP contribution is 2.44. The number of fused-ring (bicyclic) bond motifs is 3. The third kappa shape index (κ3) is 10.9. The topological polar surface area (TPSA) is 134 Å². The van der Waals surface area contributed by atoms with Crippen molar-refractivity contribution in [2.24, 2.45) is 5.92 Å². The minimum absolute atomic E-state index is 0.0890. The SMILES string of the molecule is C=CCC[C@H](NC(=O)OCC1c2ccccc2-c2ccccc21)C(=O)OCC(C)(C)NC(=O)[C@@H](CC=C)CC(=O)N(CCO)Cc1ccccc1. The van der Waals surface area contributed by atoms with Gasteiger partial charge in [0.1, 0.15) is 19.3 Å². The molecular formula is C41H49N3O7. The van der Waals surface area contributed by atoms with Crippen LogP contribution in [0.1, 0.15) is 62.1 Å². The summed E-state index contributed by atoms with van der Waals surface area (Å²) in [5.74, 6) is -2.20. The van der Waals surface area contributed by atoms with Gasteiger partial charge >= 0.3 is 12.1 Å². The Morgan fingerprint density at radius 2 is 1.53 bits per heavy atom.